The van der Waals surface area contributed by atoms with Gasteiger partial charge in [-0.2, -0.15) is 4.39 Å². The molecule has 0 spiro atoms. The maximum absolute atomic E-state index is 14.6. The molecule has 28 heavy (non-hydrogen) atoms. The van der Waals surface area contributed by atoms with Crippen molar-refractivity contribution >= 4 is 0 Å². The largest absolute Gasteiger partial charge is 0.490 e. The topological polar surface area (TPSA) is 9.23 Å². The van der Waals surface area contributed by atoms with Gasteiger partial charge < -0.3 is 4.74 Å². The van der Waals surface area contributed by atoms with Gasteiger partial charge in [0, 0.05) is 0 Å². The molecule has 0 amide bonds. The van der Waals surface area contributed by atoms with Crippen molar-refractivity contribution in [1.29, 1.82) is 0 Å². The van der Waals surface area contributed by atoms with Crippen LogP contribution in [-0.2, 0) is 0 Å². The Bertz CT molecular complexity index is 638. The van der Waals surface area contributed by atoms with E-state index in [1.54, 1.807) is 12.1 Å². The summed E-state index contributed by atoms with van der Waals surface area (Å²) in [6.45, 7) is 4.47. The molecular weight excluding hydrogens is 354 g/mol. The van der Waals surface area contributed by atoms with Crippen LogP contribution < -0.4 is 4.74 Å². The molecule has 0 heterocycles. The lowest BCUT2D eigenvalue weighted by Gasteiger charge is -2.38. The van der Waals surface area contributed by atoms with Crippen LogP contribution in [0.5, 0.6) is 5.75 Å². The smallest absolute Gasteiger partial charge is 0.200 e. The molecular formula is C25H36F2O. The molecule has 2 fully saturated rings. The molecule has 3 heteroatoms. The van der Waals surface area contributed by atoms with Gasteiger partial charge >= 0.3 is 0 Å². The second-order valence-corrected chi connectivity index (χ2v) is 8.83. The van der Waals surface area contributed by atoms with E-state index in [9.17, 15) is 8.78 Å². The van der Waals surface area contributed by atoms with Gasteiger partial charge in [0.2, 0.25) is 5.82 Å². The molecule has 1 aromatic rings. The van der Waals surface area contributed by atoms with Crippen molar-refractivity contribution < 1.29 is 13.5 Å². The van der Waals surface area contributed by atoms with Crippen molar-refractivity contribution in [1.82, 2.24) is 0 Å². The summed E-state index contributed by atoms with van der Waals surface area (Å²) in [7, 11) is 0. The van der Waals surface area contributed by atoms with E-state index >= 15 is 0 Å². The number of hydrogen-bond acceptors (Lipinski definition) is 1. The van der Waals surface area contributed by atoms with E-state index < -0.39 is 11.6 Å². The summed E-state index contributed by atoms with van der Waals surface area (Å²) in [5, 5.41) is 0. The predicted molar refractivity (Wildman–Crippen MR) is 112 cm³/mol. The van der Waals surface area contributed by atoms with Gasteiger partial charge in [0.25, 0.3) is 0 Å². The fourth-order valence-corrected chi connectivity index (χ4v) is 5.31. The average Bonchev–Trinajstić information content (AvgIpc) is 2.74. The van der Waals surface area contributed by atoms with Gasteiger partial charge in [-0.05, 0) is 106 Å². The van der Waals surface area contributed by atoms with Crippen LogP contribution >= 0.6 is 0 Å². The molecule has 3 rings (SSSR count). The lowest BCUT2D eigenvalue weighted by molar-refractivity contribution is 0.160. The standard InChI is InChI=1S/C25H36F2O/c1-3-5-6-18-7-9-19(10-8-18)20-11-13-21(14-12-20)22-15-16-23(28-17-4-2)25(27)24(22)26/h3,5,15-16,18-21H,4,6-14,17H2,1-2H3/b5-3-. The van der Waals surface area contributed by atoms with Crippen LogP contribution in [0.1, 0.15) is 89.5 Å². The molecule has 156 valence electrons. The van der Waals surface area contributed by atoms with E-state index in [0.29, 0.717) is 12.2 Å². The number of ether oxygens (including phenoxy) is 1. The zero-order valence-electron chi connectivity index (χ0n) is 17.6. The molecule has 2 saturated carbocycles. The normalized spacial score (nSPS) is 28.6. The molecule has 0 aliphatic heterocycles. The van der Waals surface area contributed by atoms with Gasteiger partial charge in [0.15, 0.2) is 11.6 Å². The summed E-state index contributed by atoms with van der Waals surface area (Å²) in [4.78, 5) is 0. The maximum Gasteiger partial charge on any atom is 0.200 e. The Hall–Kier alpha value is -1.38. The Morgan fingerprint density at radius 3 is 2.18 bits per heavy atom. The molecule has 2 aliphatic rings. The maximum atomic E-state index is 14.6. The number of halogens is 2. The lowest BCUT2D eigenvalue weighted by Crippen LogP contribution is -2.25. The van der Waals surface area contributed by atoms with Crippen LogP contribution in [0.2, 0.25) is 0 Å². The molecule has 1 aromatic carbocycles. The summed E-state index contributed by atoms with van der Waals surface area (Å²) < 4.78 is 34.3. The second kappa shape index (κ2) is 10.4. The van der Waals surface area contributed by atoms with Crippen LogP contribution in [0.15, 0.2) is 24.3 Å². The molecule has 0 saturated heterocycles. The first-order valence-electron chi connectivity index (χ1n) is 11.4. The molecule has 0 atom stereocenters. The highest BCUT2D eigenvalue weighted by molar-refractivity contribution is 5.33. The molecule has 0 radical (unpaired) electrons. The molecule has 0 bridgehead atoms. The fourth-order valence-electron chi connectivity index (χ4n) is 5.31. The number of allylic oxidation sites excluding steroid dienone is 2. The van der Waals surface area contributed by atoms with Crippen molar-refractivity contribution in [2.45, 2.75) is 84.0 Å². The molecule has 0 unspecified atom stereocenters. The second-order valence-electron chi connectivity index (χ2n) is 8.83. The number of benzene rings is 1. The fraction of sp³-hybridized carbons (Fsp3) is 0.680. The third kappa shape index (κ3) is 5.15. The Kier molecular flexibility index (Phi) is 7.93. The Morgan fingerprint density at radius 1 is 0.929 bits per heavy atom. The quantitative estimate of drug-likeness (QED) is 0.432. The van der Waals surface area contributed by atoms with Crippen molar-refractivity contribution in [3.63, 3.8) is 0 Å². The minimum atomic E-state index is -0.812. The first-order chi connectivity index (χ1) is 13.6. The highest BCUT2D eigenvalue weighted by atomic mass is 19.2. The molecule has 0 N–H and O–H groups in total. The molecule has 2 aliphatic carbocycles. The predicted octanol–water partition coefficient (Wildman–Crippen LogP) is 7.80. The minimum absolute atomic E-state index is 0.0477. The average molecular weight is 391 g/mol. The van der Waals surface area contributed by atoms with E-state index in [2.05, 4.69) is 19.1 Å². The monoisotopic (exact) mass is 390 g/mol. The summed E-state index contributed by atoms with van der Waals surface area (Å²) in [6, 6.07) is 3.36. The van der Waals surface area contributed by atoms with E-state index in [4.69, 9.17) is 4.74 Å². The van der Waals surface area contributed by atoms with E-state index in [1.807, 2.05) is 6.92 Å². The van der Waals surface area contributed by atoms with Gasteiger partial charge in [-0.1, -0.05) is 25.1 Å². The summed E-state index contributed by atoms with van der Waals surface area (Å²) in [6.07, 6.45) is 16.2. The van der Waals surface area contributed by atoms with Crippen molar-refractivity contribution in [2.24, 2.45) is 17.8 Å². The van der Waals surface area contributed by atoms with Gasteiger partial charge in [0.05, 0.1) is 6.61 Å². The van der Waals surface area contributed by atoms with Crippen molar-refractivity contribution in [3.8, 4) is 5.75 Å². The lowest BCUT2D eigenvalue weighted by atomic mass is 9.68. The highest BCUT2D eigenvalue weighted by Gasteiger charge is 2.32. The first kappa shape index (κ1) is 21.3. The Labute approximate surface area is 169 Å². The molecule has 1 nitrogen and oxygen atoms in total. The van der Waals surface area contributed by atoms with Gasteiger partial charge in [-0.3, -0.25) is 0 Å². The van der Waals surface area contributed by atoms with E-state index in [0.717, 1.165) is 49.9 Å². The van der Waals surface area contributed by atoms with Crippen LogP contribution in [0, 0.1) is 29.4 Å². The van der Waals surface area contributed by atoms with Gasteiger partial charge in [0.1, 0.15) is 0 Å². The highest BCUT2D eigenvalue weighted by Crippen LogP contribution is 2.45. The Morgan fingerprint density at radius 2 is 1.57 bits per heavy atom. The number of rotatable bonds is 7. The Balaban J connectivity index is 1.52. The van der Waals surface area contributed by atoms with E-state index in [1.165, 1.54) is 32.1 Å². The number of hydrogen-bond donors (Lipinski definition) is 0. The van der Waals surface area contributed by atoms with Crippen LogP contribution in [0.4, 0.5) is 8.78 Å². The minimum Gasteiger partial charge on any atom is -0.490 e. The zero-order valence-corrected chi connectivity index (χ0v) is 17.6. The van der Waals surface area contributed by atoms with E-state index in [-0.39, 0.29) is 11.7 Å². The first-order valence-corrected chi connectivity index (χ1v) is 11.4. The SMILES string of the molecule is C/C=C\CC1CCC(C2CCC(c3ccc(OCCC)c(F)c3F)CC2)CC1. The van der Waals surface area contributed by atoms with Crippen LogP contribution in [-0.4, -0.2) is 6.61 Å². The summed E-state index contributed by atoms with van der Waals surface area (Å²) in [5.41, 5.74) is 0.551. The third-order valence-electron chi connectivity index (χ3n) is 7.01. The zero-order chi connectivity index (χ0) is 19.9. The van der Waals surface area contributed by atoms with Gasteiger partial charge in [-0.15, -0.1) is 0 Å². The third-order valence-corrected chi connectivity index (χ3v) is 7.01. The van der Waals surface area contributed by atoms with Gasteiger partial charge in [-0.25, -0.2) is 4.39 Å². The van der Waals surface area contributed by atoms with Crippen LogP contribution in [0.25, 0.3) is 0 Å². The van der Waals surface area contributed by atoms with Crippen molar-refractivity contribution in [2.75, 3.05) is 6.61 Å². The molecule has 0 aromatic heterocycles. The van der Waals surface area contributed by atoms with Crippen LogP contribution in [0.3, 0.4) is 0 Å². The van der Waals surface area contributed by atoms with Crippen molar-refractivity contribution in [3.05, 3.63) is 41.5 Å². The summed E-state index contributed by atoms with van der Waals surface area (Å²) >= 11 is 0. The summed E-state index contributed by atoms with van der Waals surface area (Å²) in [5.74, 6) is 1.18.